The summed E-state index contributed by atoms with van der Waals surface area (Å²) in [7, 11) is 0. The summed E-state index contributed by atoms with van der Waals surface area (Å²) in [5, 5.41) is 12.7. The smallest absolute Gasteiger partial charge is 0.307 e. The van der Waals surface area contributed by atoms with Crippen LogP contribution in [0.15, 0.2) is 54.9 Å². The number of nitrogens with one attached hydrogen (secondary N) is 2. The van der Waals surface area contributed by atoms with Crippen molar-refractivity contribution in [1.82, 2.24) is 9.97 Å². The fraction of sp³-hybridized carbons (Fsp3) is 0.150. The molecule has 0 fully saturated rings. The molecule has 6 heteroatoms. The van der Waals surface area contributed by atoms with Crippen LogP contribution >= 0.6 is 0 Å². The van der Waals surface area contributed by atoms with E-state index >= 15 is 0 Å². The minimum absolute atomic E-state index is 0.0133. The van der Waals surface area contributed by atoms with Gasteiger partial charge in [0.1, 0.15) is 0 Å². The van der Waals surface area contributed by atoms with Crippen molar-refractivity contribution in [1.29, 1.82) is 0 Å². The minimum atomic E-state index is -0.943. The first-order valence-electron chi connectivity index (χ1n) is 8.37. The van der Waals surface area contributed by atoms with E-state index in [2.05, 4.69) is 15.3 Å². The van der Waals surface area contributed by atoms with Crippen LogP contribution in [0.1, 0.15) is 22.5 Å². The van der Waals surface area contributed by atoms with Gasteiger partial charge in [0.25, 0.3) is 0 Å². The van der Waals surface area contributed by atoms with E-state index in [-0.39, 0.29) is 12.2 Å². The second-order valence-corrected chi connectivity index (χ2v) is 6.32. The van der Waals surface area contributed by atoms with Gasteiger partial charge in [-0.15, -0.1) is 0 Å². The van der Waals surface area contributed by atoms with Crippen LogP contribution in [-0.4, -0.2) is 26.8 Å². The van der Waals surface area contributed by atoms with Gasteiger partial charge in [-0.25, -0.2) is 0 Å². The molecule has 3 aromatic rings. The lowest BCUT2D eigenvalue weighted by atomic mass is 9.86. The number of anilines is 2. The van der Waals surface area contributed by atoms with Gasteiger partial charge >= 0.3 is 5.97 Å². The number of aromatic amines is 1. The molecule has 0 radical (unpaired) electrons. The number of hydrogen-bond acceptors (Lipinski definition) is 4. The Morgan fingerprint density at radius 1 is 1.12 bits per heavy atom. The molecule has 2 heterocycles. The maximum absolute atomic E-state index is 12.7. The molecule has 4 rings (SSSR count). The summed E-state index contributed by atoms with van der Waals surface area (Å²) < 4.78 is 0. The zero-order valence-electron chi connectivity index (χ0n) is 13.9. The highest BCUT2D eigenvalue weighted by Crippen LogP contribution is 2.39. The summed E-state index contributed by atoms with van der Waals surface area (Å²) in [5.41, 5.74) is 4.41. The first-order valence-corrected chi connectivity index (χ1v) is 8.37. The number of ketones is 1. The molecule has 0 aliphatic heterocycles. The van der Waals surface area contributed by atoms with Gasteiger partial charge in [-0.3, -0.25) is 14.6 Å². The molecule has 26 heavy (non-hydrogen) atoms. The summed E-state index contributed by atoms with van der Waals surface area (Å²) in [6.07, 6.45) is 3.69. The number of aliphatic carboxylic acids is 1. The number of carboxylic acids is 1. The lowest BCUT2D eigenvalue weighted by Crippen LogP contribution is -2.26. The lowest BCUT2D eigenvalue weighted by molar-refractivity contribution is -0.141. The average Bonchev–Trinajstić information content (AvgIpc) is 3.02. The highest BCUT2D eigenvalue weighted by molar-refractivity contribution is 6.08. The number of benzene rings is 1. The predicted octanol–water partition coefficient (Wildman–Crippen LogP) is 3.65. The van der Waals surface area contributed by atoms with Gasteiger partial charge in [-0.05, 0) is 24.3 Å². The Morgan fingerprint density at radius 3 is 2.54 bits per heavy atom. The van der Waals surface area contributed by atoms with Crippen LogP contribution in [-0.2, 0) is 11.2 Å². The van der Waals surface area contributed by atoms with E-state index in [1.165, 1.54) is 0 Å². The van der Waals surface area contributed by atoms with Gasteiger partial charge in [0.05, 0.1) is 22.9 Å². The van der Waals surface area contributed by atoms with Crippen LogP contribution in [0.5, 0.6) is 0 Å². The third-order valence-corrected chi connectivity index (χ3v) is 4.60. The molecule has 0 spiro atoms. The molecule has 1 atom stereocenters. The molecule has 1 aliphatic carbocycles. The Morgan fingerprint density at radius 2 is 1.85 bits per heavy atom. The first kappa shape index (κ1) is 16.1. The normalized spacial score (nSPS) is 16.2. The van der Waals surface area contributed by atoms with Crippen molar-refractivity contribution in [2.75, 3.05) is 5.32 Å². The largest absolute Gasteiger partial charge is 0.481 e. The zero-order valence-corrected chi connectivity index (χ0v) is 13.9. The molecule has 0 amide bonds. The van der Waals surface area contributed by atoms with E-state index in [0.29, 0.717) is 23.4 Å². The summed E-state index contributed by atoms with van der Waals surface area (Å²) in [6.45, 7) is 0. The third-order valence-electron chi connectivity index (χ3n) is 4.60. The number of pyridine rings is 1. The van der Waals surface area contributed by atoms with Crippen molar-refractivity contribution in [3.63, 3.8) is 0 Å². The van der Waals surface area contributed by atoms with Gasteiger partial charge in [-0.1, -0.05) is 18.2 Å². The number of H-pyrrole nitrogens is 1. The van der Waals surface area contributed by atoms with Crippen LogP contribution in [0.25, 0.3) is 11.3 Å². The molecule has 0 saturated carbocycles. The Hall–Kier alpha value is -3.41. The van der Waals surface area contributed by atoms with Crippen LogP contribution in [0, 0.1) is 5.92 Å². The number of Topliss-reactive ketones (excluding diaryl/α,β-unsaturated/α-hetero) is 1. The van der Waals surface area contributed by atoms with Crippen molar-refractivity contribution >= 4 is 23.1 Å². The van der Waals surface area contributed by atoms with Crippen LogP contribution in [0.3, 0.4) is 0 Å². The molecule has 1 aromatic carbocycles. The van der Waals surface area contributed by atoms with Crippen molar-refractivity contribution < 1.29 is 14.7 Å². The predicted molar refractivity (Wildman–Crippen MR) is 97.5 cm³/mol. The first-order chi connectivity index (χ1) is 12.6. The minimum Gasteiger partial charge on any atom is -0.481 e. The number of para-hydroxylation sites is 1. The number of nitrogens with zero attached hydrogens (tertiary/aromatic N) is 1. The lowest BCUT2D eigenvalue weighted by Gasteiger charge is -2.18. The number of rotatable bonds is 4. The van der Waals surface area contributed by atoms with Crippen molar-refractivity contribution in [3.05, 3.63) is 66.1 Å². The summed E-state index contributed by atoms with van der Waals surface area (Å²) in [6, 6.07) is 13.3. The quantitative estimate of drug-likeness (QED) is 0.669. The molecule has 0 bridgehead atoms. The molecule has 130 valence electrons. The Balaban J connectivity index is 1.85. The maximum atomic E-state index is 12.7. The summed E-state index contributed by atoms with van der Waals surface area (Å²) in [5.74, 6) is -1.79. The van der Waals surface area contributed by atoms with Gasteiger partial charge in [0.15, 0.2) is 5.78 Å². The average molecular weight is 347 g/mol. The van der Waals surface area contributed by atoms with Crippen LogP contribution in [0.4, 0.5) is 11.4 Å². The van der Waals surface area contributed by atoms with Crippen LogP contribution < -0.4 is 5.32 Å². The molecule has 6 nitrogen and oxygen atoms in total. The molecule has 0 saturated heterocycles. The number of carbonyl (C=O) groups is 2. The molecule has 2 aromatic heterocycles. The van der Waals surface area contributed by atoms with Gasteiger partial charge in [0, 0.05) is 42.2 Å². The fourth-order valence-corrected chi connectivity index (χ4v) is 3.36. The second-order valence-electron chi connectivity index (χ2n) is 6.32. The number of fused-ring (bicyclic) bond motifs is 1. The molecule has 1 aliphatic rings. The third kappa shape index (κ3) is 2.86. The van der Waals surface area contributed by atoms with Gasteiger partial charge in [0.2, 0.25) is 0 Å². The number of hydrogen-bond donors (Lipinski definition) is 3. The Labute approximate surface area is 149 Å². The highest BCUT2D eigenvalue weighted by Gasteiger charge is 2.34. The van der Waals surface area contributed by atoms with Gasteiger partial charge < -0.3 is 15.4 Å². The molecule has 3 N–H and O–H groups in total. The van der Waals surface area contributed by atoms with E-state index in [4.69, 9.17) is 0 Å². The Bertz CT molecular complexity index is 965. The van der Waals surface area contributed by atoms with Crippen molar-refractivity contribution in [2.45, 2.75) is 12.8 Å². The SMILES string of the molecule is O=C1C[C@H](C(=O)O)Cc2[nH]c(-c3ccncc3)c(Nc3ccccc3)c21. The summed E-state index contributed by atoms with van der Waals surface area (Å²) in [4.78, 5) is 31.4. The van der Waals surface area contributed by atoms with E-state index < -0.39 is 11.9 Å². The Kier molecular flexibility index (Phi) is 4.01. The van der Waals surface area contributed by atoms with Crippen molar-refractivity contribution in [2.24, 2.45) is 5.92 Å². The van der Waals surface area contributed by atoms with Crippen molar-refractivity contribution in [3.8, 4) is 11.3 Å². The molecular formula is C20H17N3O3. The summed E-state index contributed by atoms with van der Waals surface area (Å²) >= 11 is 0. The highest BCUT2D eigenvalue weighted by atomic mass is 16.4. The zero-order chi connectivity index (χ0) is 18.1. The number of carbonyl (C=O) groups excluding carboxylic acids is 1. The second kappa shape index (κ2) is 6.48. The maximum Gasteiger partial charge on any atom is 0.307 e. The molecular weight excluding hydrogens is 330 g/mol. The topological polar surface area (TPSA) is 95.1 Å². The van der Waals surface area contributed by atoms with E-state index in [9.17, 15) is 14.7 Å². The monoisotopic (exact) mass is 347 g/mol. The fourth-order valence-electron chi connectivity index (χ4n) is 3.36. The van der Waals surface area contributed by atoms with E-state index in [0.717, 1.165) is 16.9 Å². The number of carboxylic acid groups (broad SMARTS) is 1. The number of aromatic nitrogens is 2. The van der Waals surface area contributed by atoms with E-state index in [1.807, 2.05) is 42.5 Å². The van der Waals surface area contributed by atoms with Crippen LogP contribution in [0.2, 0.25) is 0 Å². The molecule has 0 unspecified atom stereocenters. The van der Waals surface area contributed by atoms with E-state index in [1.54, 1.807) is 12.4 Å². The standard InChI is InChI=1S/C20H17N3O3/c24-16-11-13(20(25)26)10-15-17(16)19(22-14-4-2-1-3-5-14)18(23-15)12-6-8-21-9-7-12/h1-9,13,22-23H,10-11H2,(H,25,26)/t13-/m1/s1. The van der Waals surface area contributed by atoms with Gasteiger partial charge in [-0.2, -0.15) is 0 Å².